The van der Waals surface area contributed by atoms with Crippen LogP contribution in [0.4, 0.5) is 22.9 Å². The van der Waals surface area contributed by atoms with Crippen LogP contribution in [0.3, 0.4) is 0 Å². The number of nitrogens with zero attached hydrogens (tertiary/aromatic N) is 4. The Balaban J connectivity index is 1.31. The molecule has 0 aliphatic carbocycles. The SMILES string of the molecule is Cc1ccc(Cl)cc1CN1CCNc2nnc(C(=O)Nc3ccc(N4CCOCC4)cc3)cc21. The summed E-state index contributed by atoms with van der Waals surface area (Å²) in [6.45, 7) is 7.50. The number of ether oxygens (including phenoxy) is 1. The monoisotopic (exact) mass is 478 g/mol. The number of rotatable bonds is 5. The number of benzene rings is 2. The van der Waals surface area contributed by atoms with Gasteiger partial charge in [0, 0.05) is 49.1 Å². The van der Waals surface area contributed by atoms with E-state index in [2.05, 4.69) is 37.6 Å². The Kier molecular flexibility index (Phi) is 6.51. The number of hydrogen-bond donors (Lipinski definition) is 2. The number of carbonyl (C=O) groups is 1. The fraction of sp³-hybridized carbons (Fsp3) is 0.320. The average Bonchev–Trinajstić information content (AvgIpc) is 2.87. The lowest BCUT2D eigenvalue weighted by molar-refractivity contribution is 0.102. The molecule has 5 rings (SSSR count). The quantitative estimate of drug-likeness (QED) is 0.574. The van der Waals surface area contributed by atoms with Crippen molar-refractivity contribution in [3.8, 4) is 0 Å². The summed E-state index contributed by atoms with van der Waals surface area (Å²) in [4.78, 5) is 17.4. The van der Waals surface area contributed by atoms with E-state index in [1.165, 1.54) is 5.56 Å². The highest BCUT2D eigenvalue weighted by Crippen LogP contribution is 2.30. The van der Waals surface area contributed by atoms with E-state index in [0.717, 1.165) is 56.3 Å². The van der Waals surface area contributed by atoms with Crippen LogP contribution < -0.4 is 20.4 Å². The van der Waals surface area contributed by atoms with Crippen molar-refractivity contribution < 1.29 is 9.53 Å². The molecule has 0 spiro atoms. The number of aromatic nitrogens is 2. The van der Waals surface area contributed by atoms with Crippen LogP contribution in [0.1, 0.15) is 21.6 Å². The zero-order chi connectivity index (χ0) is 23.5. The lowest BCUT2D eigenvalue weighted by atomic mass is 10.1. The van der Waals surface area contributed by atoms with E-state index in [0.29, 0.717) is 23.1 Å². The number of morpholine rings is 1. The summed E-state index contributed by atoms with van der Waals surface area (Å²) in [7, 11) is 0. The molecule has 0 atom stereocenters. The molecule has 0 saturated carbocycles. The number of fused-ring (bicyclic) bond motifs is 1. The van der Waals surface area contributed by atoms with Gasteiger partial charge in [0.2, 0.25) is 0 Å². The molecule has 8 nitrogen and oxygen atoms in total. The molecule has 9 heteroatoms. The standard InChI is InChI=1S/C25H27ClN6O2/c1-17-2-3-19(26)14-18(17)16-32-9-8-27-24-23(32)15-22(29-30-24)25(33)28-20-4-6-21(7-5-20)31-10-12-34-13-11-31/h2-7,14-15H,8-13,16H2,1H3,(H,27,30)(H,28,33). The summed E-state index contributed by atoms with van der Waals surface area (Å²) in [5.74, 6) is 0.385. The second-order valence-electron chi connectivity index (χ2n) is 8.48. The normalized spacial score (nSPS) is 15.5. The van der Waals surface area contributed by atoms with Crippen molar-refractivity contribution >= 4 is 40.4 Å². The Hall–Kier alpha value is -3.36. The highest BCUT2D eigenvalue weighted by atomic mass is 35.5. The third kappa shape index (κ3) is 4.93. The van der Waals surface area contributed by atoms with Crippen molar-refractivity contribution in [3.05, 3.63) is 70.4 Å². The van der Waals surface area contributed by atoms with Crippen molar-refractivity contribution in [2.45, 2.75) is 13.5 Å². The second-order valence-corrected chi connectivity index (χ2v) is 8.92. The minimum atomic E-state index is -0.293. The number of amides is 1. The maximum absolute atomic E-state index is 13.0. The van der Waals surface area contributed by atoms with Gasteiger partial charge in [-0.2, -0.15) is 0 Å². The van der Waals surface area contributed by atoms with Gasteiger partial charge < -0.3 is 25.2 Å². The van der Waals surface area contributed by atoms with E-state index in [9.17, 15) is 4.79 Å². The number of hydrogen-bond acceptors (Lipinski definition) is 7. The Labute approximate surface area is 203 Å². The van der Waals surface area contributed by atoms with Crippen LogP contribution in [-0.4, -0.2) is 55.5 Å². The lowest BCUT2D eigenvalue weighted by Crippen LogP contribution is -2.36. The van der Waals surface area contributed by atoms with E-state index >= 15 is 0 Å². The Morgan fingerprint density at radius 1 is 1.09 bits per heavy atom. The molecule has 2 aliphatic rings. The fourth-order valence-electron chi connectivity index (χ4n) is 4.24. The van der Waals surface area contributed by atoms with E-state index in [4.69, 9.17) is 16.3 Å². The summed E-state index contributed by atoms with van der Waals surface area (Å²) in [6.07, 6.45) is 0. The fourth-order valence-corrected chi connectivity index (χ4v) is 4.44. The molecule has 1 amide bonds. The van der Waals surface area contributed by atoms with Crippen molar-refractivity contribution in [3.63, 3.8) is 0 Å². The number of anilines is 4. The molecular weight excluding hydrogens is 452 g/mol. The van der Waals surface area contributed by atoms with Crippen LogP contribution in [-0.2, 0) is 11.3 Å². The van der Waals surface area contributed by atoms with Crippen molar-refractivity contribution in [2.24, 2.45) is 0 Å². The molecule has 3 heterocycles. The molecule has 0 unspecified atom stereocenters. The highest BCUT2D eigenvalue weighted by Gasteiger charge is 2.22. The summed E-state index contributed by atoms with van der Waals surface area (Å²) < 4.78 is 5.41. The Morgan fingerprint density at radius 3 is 2.68 bits per heavy atom. The molecule has 34 heavy (non-hydrogen) atoms. The van der Waals surface area contributed by atoms with Gasteiger partial charge in [-0.3, -0.25) is 4.79 Å². The van der Waals surface area contributed by atoms with Gasteiger partial charge in [0.1, 0.15) is 0 Å². The van der Waals surface area contributed by atoms with Crippen LogP contribution in [0.5, 0.6) is 0 Å². The summed E-state index contributed by atoms with van der Waals surface area (Å²) in [5.41, 5.74) is 5.27. The smallest absolute Gasteiger partial charge is 0.276 e. The molecule has 2 aromatic carbocycles. The van der Waals surface area contributed by atoms with Gasteiger partial charge in [-0.25, -0.2) is 0 Å². The van der Waals surface area contributed by atoms with Gasteiger partial charge in [-0.05, 0) is 60.5 Å². The molecule has 1 aromatic heterocycles. The molecule has 0 bridgehead atoms. The number of nitrogens with one attached hydrogen (secondary N) is 2. The maximum atomic E-state index is 13.0. The van der Waals surface area contributed by atoms with Gasteiger partial charge >= 0.3 is 0 Å². The van der Waals surface area contributed by atoms with Crippen LogP contribution in [0.2, 0.25) is 5.02 Å². The molecule has 0 radical (unpaired) electrons. The lowest BCUT2D eigenvalue weighted by Gasteiger charge is -2.31. The first-order valence-electron chi connectivity index (χ1n) is 11.4. The number of carbonyl (C=O) groups excluding carboxylic acids is 1. The van der Waals surface area contributed by atoms with Crippen LogP contribution in [0, 0.1) is 6.92 Å². The van der Waals surface area contributed by atoms with Crippen molar-refractivity contribution in [1.82, 2.24) is 10.2 Å². The predicted molar refractivity (Wildman–Crippen MR) is 135 cm³/mol. The molecule has 3 aromatic rings. The topological polar surface area (TPSA) is 82.6 Å². The highest BCUT2D eigenvalue weighted by molar-refractivity contribution is 6.30. The van der Waals surface area contributed by atoms with E-state index in [-0.39, 0.29) is 11.6 Å². The van der Waals surface area contributed by atoms with E-state index < -0.39 is 0 Å². The molecule has 1 saturated heterocycles. The maximum Gasteiger partial charge on any atom is 0.276 e. The van der Waals surface area contributed by atoms with Gasteiger partial charge in [-0.15, -0.1) is 10.2 Å². The van der Waals surface area contributed by atoms with Gasteiger partial charge in [0.15, 0.2) is 11.5 Å². The molecular formula is C25H27ClN6O2. The van der Waals surface area contributed by atoms with Crippen LogP contribution in [0.15, 0.2) is 48.5 Å². The Bertz CT molecular complexity index is 1180. The molecule has 2 aliphatic heterocycles. The minimum Gasteiger partial charge on any atom is -0.378 e. The zero-order valence-electron chi connectivity index (χ0n) is 19.1. The summed E-state index contributed by atoms with van der Waals surface area (Å²) >= 11 is 6.22. The molecule has 2 N–H and O–H groups in total. The van der Waals surface area contributed by atoms with Crippen LogP contribution in [0.25, 0.3) is 0 Å². The predicted octanol–water partition coefficient (Wildman–Crippen LogP) is 3.96. The average molecular weight is 479 g/mol. The van der Waals surface area contributed by atoms with E-state index in [1.807, 2.05) is 42.5 Å². The third-order valence-corrected chi connectivity index (χ3v) is 6.43. The molecule has 1 fully saturated rings. The summed E-state index contributed by atoms with van der Waals surface area (Å²) in [6, 6.07) is 15.5. The first-order chi connectivity index (χ1) is 16.6. The van der Waals surface area contributed by atoms with Crippen molar-refractivity contribution in [1.29, 1.82) is 0 Å². The number of aryl methyl sites for hydroxylation is 1. The van der Waals surface area contributed by atoms with Gasteiger partial charge in [-0.1, -0.05) is 17.7 Å². The zero-order valence-corrected chi connectivity index (χ0v) is 19.8. The largest absolute Gasteiger partial charge is 0.378 e. The minimum absolute atomic E-state index is 0.271. The first-order valence-corrected chi connectivity index (χ1v) is 11.8. The third-order valence-electron chi connectivity index (χ3n) is 6.20. The first kappa shape index (κ1) is 22.4. The second kappa shape index (κ2) is 9.87. The van der Waals surface area contributed by atoms with Crippen molar-refractivity contribution in [2.75, 3.05) is 59.8 Å². The van der Waals surface area contributed by atoms with Gasteiger partial charge in [0.05, 0.1) is 18.9 Å². The Morgan fingerprint density at radius 2 is 1.88 bits per heavy atom. The molecule has 176 valence electrons. The number of halogens is 1. The summed E-state index contributed by atoms with van der Waals surface area (Å²) in [5, 5.41) is 15.4. The van der Waals surface area contributed by atoms with E-state index in [1.54, 1.807) is 6.07 Å². The van der Waals surface area contributed by atoms with Crippen LogP contribution >= 0.6 is 11.6 Å². The van der Waals surface area contributed by atoms with Gasteiger partial charge in [0.25, 0.3) is 5.91 Å².